The molecule has 1 fully saturated rings. The Kier molecular flexibility index (Phi) is 4.20. The Morgan fingerprint density at radius 3 is 2.78 bits per heavy atom. The van der Waals surface area contributed by atoms with Crippen LogP contribution < -0.4 is 5.32 Å². The molecule has 2 rings (SSSR count). The maximum Gasteiger partial charge on any atom is 0.256 e. The third-order valence-electron chi connectivity index (χ3n) is 3.07. The maximum atomic E-state index is 12.4. The van der Waals surface area contributed by atoms with Crippen molar-refractivity contribution >= 4 is 11.6 Å². The van der Waals surface area contributed by atoms with Gasteiger partial charge >= 0.3 is 0 Å². The Bertz CT molecular complexity index is 426. The first-order chi connectivity index (χ1) is 8.72. The van der Waals surface area contributed by atoms with Crippen molar-refractivity contribution in [2.24, 2.45) is 0 Å². The lowest BCUT2D eigenvalue weighted by atomic mass is 10.1. The Hall–Kier alpha value is -1.55. The monoisotopic (exact) mass is 248 g/mol. The molecule has 1 aliphatic heterocycles. The zero-order valence-corrected chi connectivity index (χ0v) is 11.0. The minimum atomic E-state index is 0.0919. The van der Waals surface area contributed by atoms with Gasteiger partial charge in [-0.15, -0.1) is 0 Å². The smallest absolute Gasteiger partial charge is 0.256 e. The summed E-state index contributed by atoms with van der Waals surface area (Å²) in [7, 11) is 0. The number of hydrogen-bond acceptors (Lipinski definition) is 3. The molecule has 1 aliphatic rings. The van der Waals surface area contributed by atoms with Crippen molar-refractivity contribution in [1.82, 2.24) is 4.90 Å². The average Bonchev–Trinajstić information content (AvgIpc) is 2.40. The van der Waals surface area contributed by atoms with Gasteiger partial charge < -0.3 is 15.0 Å². The van der Waals surface area contributed by atoms with Crippen LogP contribution in [-0.4, -0.2) is 43.7 Å². The third kappa shape index (κ3) is 2.82. The first kappa shape index (κ1) is 12.9. The second kappa shape index (κ2) is 5.87. The molecule has 98 valence electrons. The largest absolute Gasteiger partial charge is 0.385 e. The van der Waals surface area contributed by atoms with Crippen LogP contribution in [0.4, 0.5) is 5.69 Å². The molecule has 1 aromatic rings. The SMILES string of the molecule is CCNc1cc(C)ccc1C(=O)N1CCOCC1. The molecule has 1 heterocycles. The third-order valence-corrected chi connectivity index (χ3v) is 3.07. The second-order valence-corrected chi connectivity index (χ2v) is 4.48. The van der Waals surface area contributed by atoms with Gasteiger partial charge in [-0.25, -0.2) is 0 Å². The molecule has 18 heavy (non-hydrogen) atoms. The van der Waals surface area contributed by atoms with E-state index in [4.69, 9.17) is 4.74 Å². The van der Waals surface area contributed by atoms with Crippen LogP contribution >= 0.6 is 0 Å². The molecule has 0 radical (unpaired) electrons. The van der Waals surface area contributed by atoms with Crippen molar-refractivity contribution in [3.8, 4) is 0 Å². The van der Waals surface area contributed by atoms with E-state index in [0.717, 1.165) is 23.4 Å². The molecule has 1 amide bonds. The van der Waals surface area contributed by atoms with Gasteiger partial charge in [0.25, 0.3) is 5.91 Å². The Labute approximate surface area is 108 Å². The molecule has 0 unspecified atom stereocenters. The van der Waals surface area contributed by atoms with Crippen molar-refractivity contribution in [3.63, 3.8) is 0 Å². The van der Waals surface area contributed by atoms with Gasteiger partial charge in [0.05, 0.1) is 18.8 Å². The molecule has 1 aromatic carbocycles. The van der Waals surface area contributed by atoms with Crippen LogP contribution in [0, 0.1) is 6.92 Å². The van der Waals surface area contributed by atoms with Gasteiger partial charge in [-0.1, -0.05) is 6.07 Å². The molecule has 4 heteroatoms. The fraction of sp³-hybridized carbons (Fsp3) is 0.500. The van der Waals surface area contributed by atoms with E-state index in [1.165, 1.54) is 0 Å². The number of morpholine rings is 1. The van der Waals surface area contributed by atoms with E-state index < -0.39 is 0 Å². The number of anilines is 1. The number of aryl methyl sites for hydroxylation is 1. The van der Waals surface area contributed by atoms with Crippen LogP contribution in [0.2, 0.25) is 0 Å². The molecule has 1 N–H and O–H groups in total. The lowest BCUT2D eigenvalue weighted by molar-refractivity contribution is 0.0303. The Balaban J connectivity index is 2.22. The van der Waals surface area contributed by atoms with Crippen LogP contribution in [0.1, 0.15) is 22.8 Å². The van der Waals surface area contributed by atoms with E-state index in [1.54, 1.807) is 0 Å². The summed E-state index contributed by atoms with van der Waals surface area (Å²) in [6.07, 6.45) is 0. The number of benzene rings is 1. The summed E-state index contributed by atoms with van der Waals surface area (Å²) in [4.78, 5) is 14.3. The van der Waals surface area contributed by atoms with Crippen molar-refractivity contribution in [2.45, 2.75) is 13.8 Å². The first-order valence-corrected chi connectivity index (χ1v) is 6.44. The average molecular weight is 248 g/mol. The van der Waals surface area contributed by atoms with Crippen LogP contribution in [0.5, 0.6) is 0 Å². The van der Waals surface area contributed by atoms with Crippen molar-refractivity contribution in [3.05, 3.63) is 29.3 Å². The Morgan fingerprint density at radius 2 is 2.11 bits per heavy atom. The summed E-state index contributed by atoms with van der Waals surface area (Å²) < 4.78 is 5.27. The fourth-order valence-corrected chi connectivity index (χ4v) is 2.12. The first-order valence-electron chi connectivity index (χ1n) is 6.44. The minimum absolute atomic E-state index is 0.0919. The molecule has 0 saturated carbocycles. The number of ether oxygens (including phenoxy) is 1. The van der Waals surface area contributed by atoms with Gasteiger partial charge in [-0.2, -0.15) is 0 Å². The molecule has 0 aliphatic carbocycles. The zero-order valence-electron chi connectivity index (χ0n) is 11.0. The summed E-state index contributed by atoms with van der Waals surface area (Å²) in [5.41, 5.74) is 2.84. The van der Waals surface area contributed by atoms with Gasteiger partial charge in [0.15, 0.2) is 0 Å². The minimum Gasteiger partial charge on any atom is -0.385 e. The van der Waals surface area contributed by atoms with Gasteiger partial charge in [-0.3, -0.25) is 4.79 Å². The highest BCUT2D eigenvalue weighted by Gasteiger charge is 2.20. The molecule has 0 aromatic heterocycles. The standard InChI is InChI=1S/C14H20N2O2/c1-3-15-13-10-11(2)4-5-12(13)14(17)16-6-8-18-9-7-16/h4-5,10,15H,3,6-9H2,1-2H3. The summed E-state index contributed by atoms with van der Waals surface area (Å²) >= 11 is 0. The highest BCUT2D eigenvalue weighted by molar-refractivity contribution is 5.99. The van der Waals surface area contributed by atoms with Crippen LogP contribution in [0.15, 0.2) is 18.2 Å². The van der Waals surface area contributed by atoms with Gasteiger partial charge in [0.1, 0.15) is 0 Å². The van der Waals surface area contributed by atoms with Crippen LogP contribution in [0.25, 0.3) is 0 Å². The molecule has 0 bridgehead atoms. The summed E-state index contributed by atoms with van der Waals surface area (Å²) in [6.45, 7) is 7.50. The summed E-state index contributed by atoms with van der Waals surface area (Å²) in [5, 5.41) is 3.26. The number of amides is 1. The van der Waals surface area contributed by atoms with Crippen LogP contribution in [0.3, 0.4) is 0 Å². The van der Waals surface area contributed by atoms with E-state index in [2.05, 4.69) is 5.32 Å². The van der Waals surface area contributed by atoms with Crippen molar-refractivity contribution < 1.29 is 9.53 Å². The van der Waals surface area contributed by atoms with Gasteiger partial charge in [0, 0.05) is 25.3 Å². The highest BCUT2D eigenvalue weighted by Crippen LogP contribution is 2.20. The predicted octanol–water partition coefficient (Wildman–Crippen LogP) is 1.90. The molecule has 0 spiro atoms. The normalized spacial score (nSPS) is 15.6. The fourth-order valence-electron chi connectivity index (χ4n) is 2.12. The van der Waals surface area contributed by atoms with E-state index >= 15 is 0 Å². The second-order valence-electron chi connectivity index (χ2n) is 4.48. The van der Waals surface area contributed by atoms with Crippen molar-refractivity contribution in [2.75, 3.05) is 38.2 Å². The predicted molar refractivity (Wildman–Crippen MR) is 72.1 cm³/mol. The van der Waals surface area contributed by atoms with E-state index in [0.29, 0.717) is 26.3 Å². The number of nitrogens with zero attached hydrogens (tertiary/aromatic N) is 1. The lowest BCUT2D eigenvalue weighted by Crippen LogP contribution is -2.40. The van der Waals surface area contributed by atoms with E-state index in [-0.39, 0.29) is 5.91 Å². The lowest BCUT2D eigenvalue weighted by Gasteiger charge is -2.27. The molecule has 0 atom stereocenters. The number of rotatable bonds is 3. The quantitative estimate of drug-likeness (QED) is 0.888. The molecular formula is C14H20N2O2. The highest BCUT2D eigenvalue weighted by atomic mass is 16.5. The van der Waals surface area contributed by atoms with Gasteiger partial charge in [-0.05, 0) is 31.5 Å². The topological polar surface area (TPSA) is 41.6 Å². The van der Waals surface area contributed by atoms with E-state index in [9.17, 15) is 4.79 Å². The number of carbonyl (C=O) groups excluding carboxylic acids is 1. The number of hydrogen-bond donors (Lipinski definition) is 1. The van der Waals surface area contributed by atoms with Crippen LogP contribution in [-0.2, 0) is 4.74 Å². The van der Waals surface area contributed by atoms with E-state index in [1.807, 2.05) is 36.9 Å². The number of carbonyl (C=O) groups is 1. The molecular weight excluding hydrogens is 228 g/mol. The molecule has 4 nitrogen and oxygen atoms in total. The summed E-state index contributed by atoms with van der Waals surface area (Å²) in [5.74, 6) is 0.0919. The van der Waals surface area contributed by atoms with Gasteiger partial charge in [0.2, 0.25) is 0 Å². The zero-order chi connectivity index (χ0) is 13.0. The maximum absolute atomic E-state index is 12.4. The van der Waals surface area contributed by atoms with Crippen molar-refractivity contribution in [1.29, 1.82) is 0 Å². The Morgan fingerprint density at radius 1 is 1.39 bits per heavy atom. The number of nitrogens with one attached hydrogen (secondary N) is 1. The molecule has 1 saturated heterocycles. The summed E-state index contributed by atoms with van der Waals surface area (Å²) in [6, 6.07) is 5.91.